The van der Waals surface area contributed by atoms with Gasteiger partial charge in [-0.3, -0.25) is 0 Å². The van der Waals surface area contributed by atoms with Crippen molar-refractivity contribution < 1.29 is 5.11 Å². The minimum atomic E-state index is -0.0741. The van der Waals surface area contributed by atoms with Crippen molar-refractivity contribution in [3.63, 3.8) is 0 Å². The molecule has 1 aliphatic rings. The van der Waals surface area contributed by atoms with Crippen LogP contribution in [-0.4, -0.2) is 11.2 Å². The molecule has 0 amide bonds. The van der Waals surface area contributed by atoms with E-state index in [0.29, 0.717) is 5.41 Å². The van der Waals surface area contributed by atoms with E-state index in [4.69, 9.17) is 0 Å². The molecule has 1 rings (SSSR count). The van der Waals surface area contributed by atoms with Gasteiger partial charge < -0.3 is 5.11 Å². The molecule has 0 spiro atoms. The molecule has 1 N–H and O–H groups in total. The first-order valence-electron chi connectivity index (χ1n) is 6.65. The molecule has 3 atom stereocenters. The van der Waals surface area contributed by atoms with Gasteiger partial charge in [-0.2, -0.15) is 0 Å². The first kappa shape index (κ1) is 13.0. The van der Waals surface area contributed by atoms with Gasteiger partial charge >= 0.3 is 0 Å². The van der Waals surface area contributed by atoms with E-state index in [9.17, 15) is 5.11 Å². The van der Waals surface area contributed by atoms with Crippen molar-refractivity contribution >= 4 is 0 Å². The molecule has 1 aliphatic carbocycles. The molecule has 0 aromatic heterocycles. The maximum atomic E-state index is 9.65. The van der Waals surface area contributed by atoms with Gasteiger partial charge in [0.2, 0.25) is 0 Å². The van der Waals surface area contributed by atoms with Crippen LogP contribution in [-0.2, 0) is 0 Å². The minimum absolute atomic E-state index is 0.0741. The van der Waals surface area contributed by atoms with Crippen LogP contribution >= 0.6 is 0 Å². The van der Waals surface area contributed by atoms with E-state index in [-0.39, 0.29) is 6.10 Å². The van der Waals surface area contributed by atoms with Crippen molar-refractivity contribution in [2.75, 3.05) is 0 Å². The van der Waals surface area contributed by atoms with Gasteiger partial charge in [0.15, 0.2) is 0 Å². The van der Waals surface area contributed by atoms with E-state index in [1.165, 1.54) is 25.7 Å². The zero-order valence-electron chi connectivity index (χ0n) is 10.9. The van der Waals surface area contributed by atoms with Gasteiger partial charge in [0.25, 0.3) is 0 Å². The largest absolute Gasteiger partial charge is 0.393 e. The van der Waals surface area contributed by atoms with Gasteiger partial charge in [-0.05, 0) is 42.9 Å². The molecule has 1 saturated carbocycles. The van der Waals surface area contributed by atoms with E-state index in [0.717, 1.165) is 24.7 Å². The lowest BCUT2D eigenvalue weighted by atomic mass is 9.62. The maximum absolute atomic E-state index is 9.65. The Hall–Kier alpha value is -0.0400. The Morgan fingerprint density at radius 2 is 2.07 bits per heavy atom. The Morgan fingerprint density at radius 3 is 2.60 bits per heavy atom. The Labute approximate surface area is 95.3 Å². The third kappa shape index (κ3) is 3.48. The molecule has 0 aromatic carbocycles. The van der Waals surface area contributed by atoms with Crippen molar-refractivity contribution in [3.8, 4) is 0 Å². The fourth-order valence-electron chi connectivity index (χ4n) is 3.29. The second-order valence-electron chi connectivity index (χ2n) is 6.10. The fourth-order valence-corrected chi connectivity index (χ4v) is 3.29. The van der Waals surface area contributed by atoms with Gasteiger partial charge in [-0.1, -0.05) is 40.5 Å². The van der Waals surface area contributed by atoms with Gasteiger partial charge in [-0.15, -0.1) is 0 Å². The molecule has 0 radical (unpaired) electrons. The summed E-state index contributed by atoms with van der Waals surface area (Å²) in [6, 6.07) is 0. The van der Waals surface area contributed by atoms with Crippen LogP contribution in [0.3, 0.4) is 0 Å². The van der Waals surface area contributed by atoms with E-state index in [1.54, 1.807) is 0 Å². The Kier molecular flexibility index (Phi) is 4.64. The third-order valence-corrected chi connectivity index (χ3v) is 4.45. The fraction of sp³-hybridized carbons (Fsp3) is 1.00. The number of aliphatic hydroxyl groups excluding tert-OH is 1. The predicted molar refractivity (Wildman–Crippen MR) is 65.8 cm³/mol. The van der Waals surface area contributed by atoms with E-state index in [1.807, 2.05) is 0 Å². The van der Waals surface area contributed by atoms with Gasteiger partial charge in [0.1, 0.15) is 0 Å². The monoisotopic (exact) mass is 212 g/mol. The zero-order valence-corrected chi connectivity index (χ0v) is 10.9. The molecule has 2 unspecified atom stereocenters. The number of rotatable bonds is 4. The summed E-state index contributed by atoms with van der Waals surface area (Å²) in [5, 5.41) is 9.65. The van der Waals surface area contributed by atoms with Crippen LogP contribution in [0.4, 0.5) is 0 Å². The molecular weight excluding hydrogens is 184 g/mol. The average Bonchev–Trinajstić information content (AvgIpc) is 2.15. The summed E-state index contributed by atoms with van der Waals surface area (Å²) in [6.45, 7) is 9.28. The molecule has 1 heteroatoms. The molecule has 0 aromatic rings. The standard InChI is InChI=1S/C14H28O/c1-5-12(15)8-9-13-11(2)7-6-10-14(13,3)4/h11-13,15H,5-10H2,1-4H3/t11-,12?,13?/m1/s1. The van der Waals surface area contributed by atoms with Crippen molar-refractivity contribution in [1.29, 1.82) is 0 Å². The highest BCUT2D eigenvalue weighted by molar-refractivity contribution is 4.86. The SMILES string of the molecule is CCC(O)CCC1[C@H](C)CCCC1(C)C. The molecule has 0 heterocycles. The summed E-state index contributed by atoms with van der Waals surface area (Å²) in [4.78, 5) is 0. The van der Waals surface area contributed by atoms with E-state index >= 15 is 0 Å². The molecule has 90 valence electrons. The molecule has 0 saturated heterocycles. The topological polar surface area (TPSA) is 20.2 Å². The molecule has 1 nitrogen and oxygen atoms in total. The minimum Gasteiger partial charge on any atom is -0.393 e. The zero-order chi connectivity index (χ0) is 11.5. The number of hydrogen-bond acceptors (Lipinski definition) is 1. The van der Waals surface area contributed by atoms with Gasteiger partial charge in [0, 0.05) is 0 Å². The molecule has 1 fully saturated rings. The molecule has 0 bridgehead atoms. The lowest BCUT2D eigenvalue weighted by Crippen LogP contribution is -2.34. The Morgan fingerprint density at radius 1 is 1.40 bits per heavy atom. The summed E-state index contributed by atoms with van der Waals surface area (Å²) in [5.74, 6) is 1.66. The van der Waals surface area contributed by atoms with Crippen molar-refractivity contribution in [3.05, 3.63) is 0 Å². The molecular formula is C14H28O. The second kappa shape index (κ2) is 5.34. The normalized spacial score (nSPS) is 32.6. The first-order valence-corrected chi connectivity index (χ1v) is 6.65. The highest BCUT2D eigenvalue weighted by Crippen LogP contribution is 2.46. The maximum Gasteiger partial charge on any atom is 0.0537 e. The van der Waals surface area contributed by atoms with Crippen molar-refractivity contribution in [1.82, 2.24) is 0 Å². The van der Waals surface area contributed by atoms with Crippen LogP contribution < -0.4 is 0 Å². The van der Waals surface area contributed by atoms with Gasteiger partial charge in [0.05, 0.1) is 6.10 Å². The average molecular weight is 212 g/mol. The summed E-state index contributed by atoms with van der Waals surface area (Å²) < 4.78 is 0. The quantitative estimate of drug-likeness (QED) is 0.747. The molecule has 0 aliphatic heterocycles. The van der Waals surface area contributed by atoms with Crippen LogP contribution in [0.1, 0.15) is 66.2 Å². The van der Waals surface area contributed by atoms with Crippen LogP contribution in [0.15, 0.2) is 0 Å². The second-order valence-corrected chi connectivity index (χ2v) is 6.10. The van der Waals surface area contributed by atoms with Crippen LogP contribution in [0.25, 0.3) is 0 Å². The summed E-state index contributed by atoms with van der Waals surface area (Å²) in [7, 11) is 0. The molecule has 15 heavy (non-hydrogen) atoms. The van der Waals surface area contributed by atoms with Crippen LogP contribution in [0.2, 0.25) is 0 Å². The van der Waals surface area contributed by atoms with Gasteiger partial charge in [-0.25, -0.2) is 0 Å². The highest BCUT2D eigenvalue weighted by atomic mass is 16.3. The lowest BCUT2D eigenvalue weighted by molar-refractivity contribution is 0.0570. The summed E-state index contributed by atoms with van der Waals surface area (Å²) in [5.41, 5.74) is 0.491. The highest BCUT2D eigenvalue weighted by Gasteiger charge is 2.36. The van der Waals surface area contributed by atoms with Crippen LogP contribution in [0.5, 0.6) is 0 Å². The lowest BCUT2D eigenvalue weighted by Gasteiger charge is -2.43. The summed E-state index contributed by atoms with van der Waals surface area (Å²) in [6.07, 6.45) is 7.18. The van der Waals surface area contributed by atoms with Crippen LogP contribution in [0, 0.1) is 17.3 Å². The third-order valence-electron chi connectivity index (χ3n) is 4.45. The number of aliphatic hydroxyl groups is 1. The number of hydrogen-bond donors (Lipinski definition) is 1. The first-order chi connectivity index (χ1) is 6.97. The summed E-state index contributed by atoms with van der Waals surface area (Å²) >= 11 is 0. The predicted octanol–water partition coefficient (Wildman–Crippen LogP) is 4.00. The Bertz CT molecular complexity index is 186. The smallest absolute Gasteiger partial charge is 0.0537 e. The Balaban J connectivity index is 2.48. The van der Waals surface area contributed by atoms with Crippen molar-refractivity contribution in [2.45, 2.75) is 72.3 Å². The van der Waals surface area contributed by atoms with E-state index < -0.39 is 0 Å². The van der Waals surface area contributed by atoms with Crippen molar-refractivity contribution in [2.24, 2.45) is 17.3 Å². The van der Waals surface area contributed by atoms with E-state index in [2.05, 4.69) is 27.7 Å².